The molecule has 0 aliphatic carbocycles. The van der Waals surface area contributed by atoms with Crippen molar-refractivity contribution in [1.82, 2.24) is 4.98 Å². The average molecular weight is 474 g/mol. The van der Waals surface area contributed by atoms with E-state index in [2.05, 4.69) is 10.3 Å². The zero-order valence-electron chi connectivity index (χ0n) is 19.4. The number of hydrogen-bond donors (Lipinski definition) is 1. The molecule has 1 amide bonds. The zero-order valence-corrected chi connectivity index (χ0v) is 19.4. The van der Waals surface area contributed by atoms with Crippen LogP contribution in [0.15, 0.2) is 42.5 Å². The van der Waals surface area contributed by atoms with Crippen molar-refractivity contribution in [2.24, 2.45) is 0 Å². The average Bonchev–Trinajstić information content (AvgIpc) is 2.78. The van der Waals surface area contributed by atoms with Crippen LogP contribution in [0.3, 0.4) is 0 Å². The number of nitrogens with zero attached hydrogens (tertiary/aromatic N) is 1. The second kappa shape index (κ2) is 10.2. The maximum Gasteiger partial charge on any atom is 0.416 e. The van der Waals surface area contributed by atoms with Gasteiger partial charge in [0.25, 0.3) is 5.91 Å². The highest BCUT2D eigenvalue weighted by molar-refractivity contribution is 6.07. The van der Waals surface area contributed by atoms with Crippen LogP contribution in [-0.4, -0.2) is 17.5 Å². The van der Waals surface area contributed by atoms with Crippen molar-refractivity contribution >= 4 is 11.6 Å². The van der Waals surface area contributed by atoms with Crippen molar-refractivity contribution in [2.45, 2.75) is 46.7 Å². The van der Waals surface area contributed by atoms with Gasteiger partial charge in [-0.15, -0.1) is 0 Å². The fraction of sp³-hybridized carbons (Fsp3) is 0.308. The van der Waals surface area contributed by atoms with Crippen LogP contribution in [0.5, 0.6) is 5.75 Å². The number of carbonyl (C=O) groups excluding carboxylic acids is 1. The van der Waals surface area contributed by atoms with E-state index in [0.29, 0.717) is 29.6 Å². The van der Waals surface area contributed by atoms with Crippen molar-refractivity contribution < 1.29 is 27.1 Å². The van der Waals surface area contributed by atoms with Crippen LogP contribution in [0, 0.1) is 12.7 Å². The number of anilines is 1. The van der Waals surface area contributed by atoms with E-state index in [0.717, 1.165) is 29.5 Å². The Balaban J connectivity index is 2.08. The Kier molecular flexibility index (Phi) is 7.59. The highest BCUT2D eigenvalue weighted by Gasteiger charge is 2.31. The number of hydrogen-bond acceptors (Lipinski definition) is 3. The van der Waals surface area contributed by atoms with Crippen LogP contribution in [0.4, 0.5) is 23.2 Å². The Morgan fingerprint density at radius 1 is 1.03 bits per heavy atom. The summed E-state index contributed by atoms with van der Waals surface area (Å²) in [5.74, 6) is -1.56. The lowest BCUT2D eigenvalue weighted by Crippen LogP contribution is -2.18. The summed E-state index contributed by atoms with van der Waals surface area (Å²) in [6.07, 6.45) is -3.11. The van der Waals surface area contributed by atoms with Crippen LogP contribution < -0.4 is 10.1 Å². The molecule has 0 aliphatic rings. The van der Waals surface area contributed by atoms with Crippen LogP contribution in [-0.2, 0) is 19.0 Å². The van der Waals surface area contributed by atoms with Gasteiger partial charge in [0.15, 0.2) is 0 Å². The molecule has 0 radical (unpaired) electrons. The fourth-order valence-electron chi connectivity index (χ4n) is 3.87. The predicted octanol–water partition coefficient (Wildman–Crippen LogP) is 6.99. The molecule has 0 aliphatic heterocycles. The van der Waals surface area contributed by atoms with Gasteiger partial charge in [-0.25, -0.2) is 4.39 Å². The number of rotatable bonds is 7. The lowest BCUT2D eigenvalue weighted by Gasteiger charge is -2.18. The second-order valence-corrected chi connectivity index (χ2v) is 7.70. The molecule has 0 saturated heterocycles. The van der Waals surface area contributed by atoms with Gasteiger partial charge in [-0.1, -0.05) is 32.0 Å². The number of aryl methyl sites for hydroxylation is 3. The molecule has 0 unspecified atom stereocenters. The smallest absolute Gasteiger partial charge is 0.416 e. The number of amides is 1. The van der Waals surface area contributed by atoms with Gasteiger partial charge in [-0.05, 0) is 56.0 Å². The van der Waals surface area contributed by atoms with Gasteiger partial charge in [0.2, 0.25) is 0 Å². The van der Waals surface area contributed by atoms with Gasteiger partial charge in [0, 0.05) is 11.6 Å². The molecular formula is C26H26F4N2O2. The molecule has 0 bridgehead atoms. The number of nitrogens with one attached hydrogen (secondary N) is 1. The predicted molar refractivity (Wildman–Crippen MR) is 124 cm³/mol. The van der Waals surface area contributed by atoms with Crippen molar-refractivity contribution in [1.29, 1.82) is 0 Å². The minimum absolute atomic E-state index is 0.0365. The molecule has 0 spiro atoms. The molecule has 2 aromatic carbocycles. The molecule has 0 atom stereocenters. The lowest BCUT2D eigenvalue weighted by molar-refractivity contribution is -0.137. The molecule has 4 nitrogen and oxygen atoms in total. The topological polar surface area (TPSA) is 51.2 Å². The number of aromatic nitrogens is 1. The quantitative estimate of drug-likeness (QED) is 0.376. The minimum Gasteiger partial charge on any atom is -0.493 e. The van der Waals surface area contributed by atoms with E-state index >= 15 is 0 Å². The van der Waals surface area contributed by atoms with E-state index in [1.54, 1.807) is 19.9 Å². The van der Waals surface area contributed by atoms with Gasteiger partial charge in [0.05, 0.1) is 29.2 Å². The van der Waals surface area contributed by atoms with Crippen molar-refractivity contribution in [3.05, 3.63) is 76.2 Å². The number of benzene rings is 2. The lowest BCUT2D eigenvalue weighted by atomic mass is 9.94. The van der Waals surface area contributed by atoms with Crippen LogP contribution in [0.1, 0.15) is 53.5 Å². The highest BCUT2D eigenvalue weighted by atomic mass is 19.4. The Morgan fingerprint density at radius 3 is 2.24 bits per heavy atom. The Hall–Kier alpha value is -3.42. The van der Waals surface area contributed by atoms with Crippen LogP contribution >= 0.6 is 0 Å². The molecule has 3 rings (SSSR count). The van der Waals surface area contributed by atoms with Gasteiger partial charge < -0.3 is 10.1 Å². The van der Waals surface area contributed by atoms with Crippen molar-refractivity contribution in [3.63, 3.8) is 0 Å². The number of pyridine rings is 1. The first kappa shape index (κ1) is 25.2. The number of halogens is 4. The first-order chi connectivity index (χ1) is 16.1. The molecule has 1 heterocycles. The van der Waals surface area contributed by atoms with Gasteiger partial charge in [-0.2, -0.15) is 13.2 Å². The zero-order chi connectivity index (χ0) is 25.0. The maximum absolute atomic E-state index is 14.2. The van der Waals surface area contributed by atoms with Crippen LogP contribution in [0.25, 0.3) is 11.3 Å². The third-order valence-electron chi connectivity index (χ3n) is 5.49. The first-order valence-electron chi connectivity index (χ1n) is 11.0. The SMILES string of the molecule is CCOc1cc(-c2c(CC)cccc2CC)nc(C)c1C(=O)Nc1cc(C(F)(F)F)ccc1F. The first-order valence-corrected chi connectivity index (χ1v) is 11.0. The minimum atomic E-state index is -4.67. The summed E-state index contributed by atoms with van der Waals surface area (Å²) in [6.45, 7) is 7.70. The molecule has 0 saturated carbocycles. The number of ether oxygens (including phenoxy) is 1. The second-order valence-electron chi connectivity index (χ2n) is 7.70. The summed E-state index contributed by atoms with van der Waals surface area (Å²) in [4.78, 5) is 17.7. The Morgan fingerprint density at radius 2 is 1.68 bits per heavy atom. The van der Waals surface area contributed by atoms with Crippen molar-refractivity contribution in [3.8, 4) is 17.0 Å². The Labute approximate surface area is 196 Å². The van der Waals surface area contributed by atoms with Gasteiger partial charge in [0.1, 0.15) is 17.1 Å². The summed E-state index contributed by atoms with van der Waals surface area (Å²) in [5.41, 5.74) is 2.50. The summed E-state index contributed by atoms with van der Waals surface area (Å²) in [7, 11) is 0. The molecule has 180 valence electrons. The van der Waals surface area contributed by atoms with E-state index < -0.39 is 29.2 Å². The molecule has 1 N–H and O–H groups in total. The summed E-state index contributed by atoms with van der Waals surface area (Å²) < 4.78 is 59.1. The maximum atomic E-state index is 14.2. The Bertz CT molecular complexity index is 1180. The van der Waals surface area contributed by atoms with Gasteiger partial charge >= 0.3 is 6.18 Å². The summed E-state index contributed by atoms with van der Waals surface area (Å²) >= 11 is 0. The van der Waals surface area contributed by atoms with E-state index in [9.17, 15) is 22.4 Å². The van der Waals surface area contributed by atoms with Crippen molar-refractivity contribution in [2.75, 3.05) is 11.9 Å². The monoisotopic (exact) mass is 474 g/mol. The van der Waals surface area contributed by atoms with E-state index in [1.165, 1.54) is 0 Å². The molecule has 3 aromatic rings. The highest BCUT2D eigenvalue weighted by Crippen LogP contribution is 2.35. The fourth-order valence-corrected chi connectivity index (χ4v) is 3.87. The van der Waals surface area contributed by atoms with E-state index in [4.69, 9.17) is 4.74 Å². The van der Waals surface area contributed by atoms with E-state index in [-0.39, 0.29) is 17.9 Å². The molecule has 8 heteroatoms. The van der Waals surface area contributed by atoms with Gasteiger partial charge in [-0.3, -0.25) is 9.78 Å². The largest absolute Gasteiger partial charge is 0.493 e. The normalized spacial score (nSPS) is 11.4. The molecular weight excluding hydrogens is 448 g/mol. The molecule has 0 fully saturated rings. The summed E-state index contributed by atoms with van der Waals surface area (Å²) in [6, 6.07) is 9.53. The number of alkyl halides is 3. The summed E-state index contributed by atoms with van der Waals surface area (Å²) in [5, 5.41) is 2.25. The number of carbonyl (C=O) groups is 1. The third-order valence-corrected chi connectivity index (χ3v) is 5.49. The third kappa shape index (κ3) is 5.21. The standard InChI is InChI=1S/C26H26F4N2O2/c1-5-16-9-8-10-17(6-2)24(16)21-14-22(34-7-3)23(15(4)31-21)25(33)32-20-13-18(26(28,29)30)11-12-19(20)27/h8-14H,5-7H2,1-4H3,(H,32,33). The molecule has 1 aromatic heterocycles. The molecule has 34 heavy (non-hydrogen) atoms. The van der Waals surface area contributed by atoms with E-state index in [1.807, 2.05) is 32.0 Å². The van der Waals surface area contributed by atoms with Crippen LogP contribution in [0.2, 0.25) is 0 Å².